The van der Waals surface area contributed by atoms with Crippen LogP contribution in [0.2, 0.25) is 0 Å². The van der Waals surface area contributed by atoms with Crippen LogP contribution in [0.4, 0.5) is 0 Å². The summed E-state index contributed by atoms with van der Waals surface area (Å²) in [7, 11) is 1.64. The van der Waals surface area contributed by atoms with E-state index in [9.17, 15) is 4.79 Å². The Morgan fingerprint density at radius 2 is 2.20 bits per heavy atom. The van der Waals surface area contributed by atoms with Gasteiger partial charge in [-0.05, 0) is 37.6 Å². The van der Waals surface area contributed by atoms with Crippen molar-refractivity contribution in [2.24, 2.45) is 0 Å². The third-order valence-electron chi connectivity index (χ3n) is 3.41. The van der Waals surface area contributed by atoms with Gasteiger partial charge in [0.05, 0.1) is 25.0 Å². The van der Waals surface area contributed by atoms with Crippen molar-refractivity contribution < 1.29 is 13.9 Å². The van der Waals surface area contributed by atoms with Gasteiger partial charge >= 0.3 is 0 Å². The minimum absolute atomic E-state index is 0.0301. The molecule has 0 saturated carbocycles. The second-order valence-electron chi connectivity index (χ2n) is 4.56. The predicted molar refractivity (Wildman–Crippen MR) is 76.8 cm³/mol. The van der Waals surface area contributed by atoms with Crippen LogP contribution in [-0.2, 0) is 0 Å². The molecule has 106 valence electrons. The Balaban J connectivity index is 2.24. The minimum atomic E-state index is -0.0310. The summed E-state index contributed by atoms with van der Waals surface area (Å²) < 4.78 is 10.2. The van der Waals surface area contributed by atoms with Crippen molar-refractivity contribution in [1.29, 1.82) is 0 Å². The fraction of sp³-hybridized carbons (Fsp3) is 0.312. The molecular weight excluding hydrogens is 254 g/mol. The zero-order valence-corrected chi connectivity index (χ0v) is 12.0. The van der Waals surface area contributed by atoms with E-state index in [0.29, 0.717) is 12.1 Å². The lowest BCUT2D eigenvalue weighted by molar-refractivity contribution is 0.0701. The maximum absolute atomic E-state index is 12.4. The summed E-state index contributed by atoms with van der Waals surface area (Å²) in [4.78, 5) is 14.2. The van der Waals surface area contributed by atoms with E-state index < -0.39 is 0 Å². The van der Waals surface area contributed by atoms with Crippen LogP contribution in [0.3, 0.4) is 0 Å². The van der Waals surface area contributed by atoms with E-state index in [1.807, 2.05) is 38.1 Å². The lowest BCUT2D eigenvalue weighted by Gasteiger charge is -2.28. The van der Waals surface area contributed by atoms with Gasteiger partial charge in [0.1, 0.15) is 12.0 Å². The summed E-state index contributed by atoms with van der Waals surface area (Å²) in [6, 6.07) is 9.43. The molecule has 0 aliphatic rings. The van der Waals surface area contributed by atoms with Crippen LogP contribution in [-0.4, -0.2) is 24.5 Å². The second-order valence-corrected chi connectivity index (χ2v) is 4.56. The SMILES string of the molecule is CCN(C(=O)c1ccoc1)C(C)c1cccc(OC)c1. The van der Waals surface area contributed by atoms with Crippen molar-refractivity contribution in [1.82, 2.24) is 4.90 Å². The first kappa shape index (κ1) is 14.2. The van der Waals surface area contributed by atoms with Gasteiger partial charge in [0.15, 0.2) is 0 Å². The number of amides is 1. The molecule has 0 fully saturated rings. The summed E-state index contributed by atoms with van der Waals surface area (Å²) in [5.41, 5.74) is 1.62. The zero-order chi connectivity index (χ0) is 14.5. The highest BCUT2D eigenvalue weighted by molar-refractivity contribution is 5.94. The summed E-state index contributed by atoms with van der Waals surface area (Å²) in [6.45, 7) is 4.60. The maximum Gasteiger partial charge on any atom is 0.257 e. The molecular formula is C16H19NO3. The van der Waals surface area contributed by atoms with Crippen LogP contribution in [0, 0.1) is 0 Å². The molecule has 4 nitrogen and oxygen atoms in total. The average Bonchev–Trinajstić information content (AvgIpc) is 3.02. The number of furan rings is 1. The van der Waals surface area contributed by atoms with Crippen molar-refractivity contribution in [3.05, 3.63) is 54.0 Å². The van der Waals surface area contributed by atoms with Gasteiger partial charge in [-0.3, -0.25) is 4.79 Å². The lowest BCUT2D eigenvalue weighted by atomic mass is 10.1. The van der Waals surface area contributed by atoms with Gasteiger partial charge in [-0.15, -0.1) is 0 Å². The third-order valence-corrected chi connectivity index (χ3v) is 3.41. The third kappa shape index (κ3) is 2.85. The Hall–Kier alpha value is -2.23. The summed E-state index contributed by atoms with van der Waals surface area (Å²) in [6.07, 6.45) is 2.99. The topological polar surface area (TPSA) is 42.7 Å². The molecule has 1 amide bonds. The second kappa shape index (κ2) is 6.28. The number of carbonyl (C=O) groups is 1. The monoisotopic (exact) mass is 273 g/mol. The molecule has 0 spiro atoms. The van der Waals surface area contributed by atoms with Crippen LogP contribution in [0.1, 0.15) is 35.8 Å². The molecule has 4 heteroatoms. The number of hydrogen-bond acceptors (Lipinski definition) is 3. The number of methoxy groups -OCH3 is 1. The van der Waals surface area contributed by atoms with Gasteiger partial charge in [-0.2, -0.15) is 0 Å². The fourth-order valence-electron chi connectivity index (χ4n) is 2.23. The van der Waals surface area contributed by atoms with Crippen molar-refractivity contribution >= 4 is 5.91 Å². The number of nitrogens with zero attached hydrogens (tertiary/aromatic N) is 1. The number of rotatable bonds is 5. The Morgan fingerprint density at radius 1 is 1.40 bits per heavy atom. The van der Waals surface area contributed by atoms with Crippen molar-refractivity contribution in [3.8, 4) is 5.75 Å². The molecule has 2 rings (SSSR count). The first-order chi connectivity index (χ1) is 9.67. The van der Waals surface area contributed by atoms with E-state index in [0.717, 1.165) is 11.3 Å². The van der Waals surface area contributed by atoms with Crippen LogP contribution in [0.5, 0.6) is 5.75 Å². The van der Waals surface area contributed by atoms with E-state index in [4.69, 9.17) is 9.15 Å². The summed E-state index contributed by atoms with van der Waals surface area (Å²) in [5, 5.41) is 0. The minimum Gasteiger partial charge on any atom is -0.497 e. The lowest BCUT2D eigenvalue weighted by Crippen LogP contribution is -2.33. The van der Waals surface area contributed by atoms with Gasteiger partial charge in [0, 0.05) is 6.54 Å². The molecule has 0 radical (unpaired) electrons. The predicted octanol–water partition coefficient (Wildman–Crippen LogP) is 3.51. The van der Waals surface area contributed by atoms with E-state index in [1.165, 1.54) is 12.5 Å². The molecule has 1 unspecified atom stereocenters. The smallest absolute Gasteiger partial charge is 0.257 e. The quantitative estimate of drug-likeness (QED) is 0.837. The summed E-state index contributed by atoms with van der Waals surface area (Å²) >= 11 is 0. The highest BCUT2D eigenvalue weighted by atomic mass is 16.5. The Morgan fingerprint density at radius 3 is 2.80 bits per heavy atom. The van der Waals surface area contributed by atoms with Gasteiger partial charge in [-0.25, -0.2) is 0 Å². The van der Waals surface area contributed by atoms with Crippen LogP contribution in [0.15, 0.2) is 47.3 Å². The van der Waals surface area contributed by atoms with E-state index in [-0.39, 0.29) is 11.9 Å². The number of hydrogen-bond donors (Lipinski definition) is 0. The molecule has 0 bridgehead atoms. The highest BCUT2D eigenvalue weighted by Gasteiger charge is 2.22. The molecule has 0 saturated heterocycles. The first-order valence-electron chi connectivity index (χ1n) is 6.64. The van der Waals surface area contributed by atoms with Crippen LogP contribution >= 0.6 is 0 Å². The highest BCUT2D eigenvalue weighted by Crippen LogP contribution is 2.25. The fourth-order valence-corrected chi connectivity index (χ4v) is 2.23. The van der Waals surface area contributed by atoms with E-state index in [2.05, 4.69) is 0 Å². The van der Waals surface area contributed by atoms with Crippen molar-refractivity contribution in [2.45, 2.75) is 19.9 Å². The molecule has 0 N–H and O–H groups in total. The summed E-state index contributed by atoms with van der Waals surface area (Å²) in [5.74, 6) is 0.762. The standard InChI is InChI=1S/C16H19NO3/c1-4-17(16(18)14-8-9-20-11-14)12(2)13-6-5-7-15(10-13)19-3/h5-12H,4H2,1-3H3. The molecule has 0 aliphatic carbocycles. The van der Waals surface area contributed by atoms with Crippen molar-refractivity contribution in [3.63, 3.8) is 0 Å². The molecule has 1 atom stereocenters. The largest absolute Gasteiger partial charge is 0.497 e. The molecule has 1 aromatic heterocycles. The molecule has 0 aliphatic heterocycles. The number of benzene rings is 1. The maximum atomic E-state index is 12.4. The molecule has 1 heterocycles. The van der Waals surface area contributed by atoms with Crippen molar-refractivity contribution in [2.75, 3.05) is 13.7 Å². The van der Waals surface area contributed by atoms with Gasteiger partial charge < -0.3 is 14.1 Å². The Labute approximate surface area is 119 Å². The van der Waals surface area contributed by atoms with Crippen LogP contribution in [0.25, 0.3) is 0 Å². The Kier molecular flexibility index (Phi) is 4.45. The Bertz CT molecular complexity index is 563. The molecule has 20 heavy (non-hydrogen) atoms. The molecule has 1 aromatic carbocycles. The zero-order valence-electron chi connectivity index (χ0n) is 12.0. The normalized spacial score (nSPS) is 11.9. The van der Waals surface area contributed by atoms with Gasteiger partial charge in [0.25, 0.3) is 5.91 Å². The van der Waals surface area contributed by atoms with Gasteiger partial charge in [0.2, 0.25) is 0 Å². The average molecular weight is 273 g/mol. The van der Waals surface area contributed by atoms with E-state index >= 15 is 0 Å². The number of carbonyl (C=O) groups excluding carboxylic acids is 1. The first-order valence-corrected chi connectivity index (χ1v) is 6.64. The molecule has 2 aromatic rings. The van der Waals surface area contributed by atoms with Gasteiger partial charge in [-0.1, -0.05) is 12.1 Å². The van der Waals surface area contributed by atoms with Crippen LogP contribution < -0.4 is 4.74 Å². The van der Waals surface area contributed by atoms with E-state index in [1.54, 1.807) is 18.1 Å². The number of ether oxygens (including phenoxy) is 1.